The van der Waals surface area contributed by atoms with E-state index in [4.69, 9.17) is 0 Å². The second-order valence-electron chi connectivity index (χ2n) is 7.96. The fourth-order valence-electron chi connectivity index (χ4n) is 4.30. The molecule has 0 aromatic heterocycles. The second-order valence-corrected chi connectivity index (χ2v) is 7.96. The maximum Gasteiger partial charge on any atom is 0.314 e. The smallest absolute Gasteiger partial charge is 0.314 e. The summed E-state index contributed by atoms with van der Waals surface area (Å²) in [5.74, 6) is 0.528. The Morgan fingerprint density at radius 2 is 1.96 bits per heavy atom. The van der Waals surface area contributed by atoms with Gasteiger partial charge in [0.25, 0.3) is 0 Å². The lowest BCUT2D eigenvalue weighted by atomic mass is 10.0. The van der Waals surface area contributed by atoms with E-state index in [1.54, 1.807) is 0 Å². The van der Waals surface area contributed by atoms with Crippen molar-refractivity contribution in [1.82, 2.24) is 15.5 Å². The Kier molecular flexibility index (Phi) is 6.78. The van der Waals surface area contributed by atoms with Crippen LogP contribution in [0, 0.1) is 5.92 Å². The molecule has 0 saturated carbocycles. The standard InChI is InChI=1S/C21H34N4O/c1-17-8-6-7-12-25(17)18(2)14-22-21(26)23-15-19-11-13-24(16-19)20-9-4-3-5-10-20/h3-5,9-10,17-19H,6-8,11-16H2,1-2H3,(H2,22,23,26)/t17-,18-,19-/m1/s1. The van der Waals surface area contributed by atoms with E-state index in [9.17, 15) is 4.79 Å². The van der Waals surface area contributed by atoms with Crippen LogP contribution in [0.3, 0.4) is 0 Å². The van der Waals surface area contributed by atoms with Crippen molar-refractivity contribution in [3.63, 3.8) is 0 Å². The van der Waals surface area contributed by atoms with Crippen molar-refractivity contribution < 1.29 is 4.79 Å². The predicted molar refractivity (Wildman–Crippen MR) is 108 cm³/mol. The highest BCUT2D eigenvalue weighted by molar-refractivity contribution is 5.73. The summed E-state index contributed by atoms with van der Waals surface area (Å²) >= 11 is 0. The molecule has 2 aliphatic rings. The number of piperidine rings is 1. The van der Waals surface area contributed by atoms with E-state index in [0.29, 0.717) is 18.0 Å². The zero-order valence-corrected chi connectivity index (χ0v) is 16.3. The van der Waals surface area contributed by atoms with Gasteiger partial charge >= 0.3 is 6.03 Å². The normalized spacial score (nSPS) is 25.1. The fourth-order valence-corrected chi connectivity index (χ4v) is 4.30. The molecule has 5 nitrogen and oxygen atoms in total. The van der Waals surface area contributed by atoms with Crippen LogP contribution >= 0.6 is 0 Å². The highest BCUT2D eigenvalue weighted by Gasteiger charge is 2.24. The molecule has 0 bridgehead atoms. The third-order valence-corrected chi connectivity index (χ3v) is 5.94. The number of urea groups is 1. The molecule has 144 valence electrons. The topological polar surface area (TPSA) is 47.6 Å². The van der Waals surface area contributed by atoms with Crippen molar-refractivity contribution >= 4 is 11.7 Å². The Bertz CT molecular complexity index is 564. The van der Waals surface area contributed by atoms with Gasteiger partial charge < -0.3 is 15.5 Å². The number of likely N-dealkylation sites (tertiary alicyclic amines) is 1. The lowest BCUT2D eigenvalue weighted by Crippen LogP contribution is -2.50. The summed E-state index contributed by atoms with van der Waals surface area (Å²) in [5, 5.41) is 6.13. The van der Waals surface area contributed by atoms with Gasteiger partial charge in [0.15, 0.2) is 0 Å². The van der Waals surface area contributed by atoms with Crippen LogP contribution in [0.5, 0.6) is 0 Å². The molecule has 0 spiro atoms. The number of hydrogen-bond acceptors (Lipinski definition) is 3. The summed E-state index contributed by atoms with van der Waals surface area (Å²) in [7, 11) is 0. The van der Waals surface area contributed by atoms with E-state index in [1.165, 1.54) is 24.9 Å². The van der Waals surface area contributed by atoms with Gasteiger partial charge in [-0.25, -0.2) is 4.79 Å². The summed E-state index contributed by atoms with van der Waals surface area (Å²) in [4.78, 5) is 17.1. The first kappa shape index (κ1) is 19.0. The molecule has 2 N–H and O–H groups in total. The highest BCUT2D eigenvalue weighted by Crippen LogP contribution is 2.23. The van der Waals surface area contributed by atoms with Crippen molar-refractivity contribution in [3.05, 3.63) is 30.3 Å². The lowest BCUT2D eigenvalue weighted by molar-refractivity contribution is 0.114. The monoisotopic (exact) mass is 358 g/mol. The molecule has 2 fully saturated rings. The minimum absolute atomic E-state index is 0.0281. The number of amides is 2. The summed E-state index contributed by atoms with van der Waals surface area (Å²) in [5.41, 5.74) is 1.28. The van der Waals surface area contributed by atoms with Gasteiger partial charge in [-0.15, -0.1) is 0 Å². The average Bonchev–Trinajstić information content (AvgIpc) is 3.14. The minimum atomic E-state index is -0.0281. The number of anilines is 1. The molecule has 3 rings (SSSR count). The molecule has 26 heavy (non-hydrogen) atoms. The third kappa shape index (κ3) is 5.13. The first-order chi connectivity index (χ1) is 12.6. The van der Waals surface area contributed by atoms with Crippen LogP contribution in [-0.2, 0) is 0 Å². The summed E-state index contributed by atoms with van der Waals surface area (Å²) in [6, 6.07) is 11.5. The molecule has 0 unspecified atom stereocenters. The largest absolute Gasteiger partial charge is 0.371 e. The summed E-state index contributed by atoms with van der Waals surface area (Å²) < 4.78 is 0. The Hall–Kier alpha value is -1.75. The van der Waals surface area contributed by atoms with E-state index in [0.717, 1.165) is 39.1 Å². The molecule has 5 heteroatoms. The maximum absolute atomic E-state index is 12.2. The second kappa shape index (κ2) is 9.26. The molecule has 2 saturated heterocycles. The Balaban J connectivity index is 1.34. The number of para-hydroxylation sites is 1. The van der Waals surface area contributed by atoms with Crippen LogP contribution in [0.15, 0.2) is 30.3 Å². The van der Waals surface area contributed by atoms with E-state index in [2.05, 4.69) is 64.6 Å². The molecule has 2 amide bonds. The Morgan fingerprint density at radius 1 is 1.15 bits per heavy atom. The summed E-state index contributed by atoms with van der Waals surface area (Å²) in [6.07, 6.45) is 5.02. The van der Waals surface area contributed by atoms with Crippen molar-refractivity contribution in [2.24, 2.45) is 5.92 Å². The number of benzene rings is 1. The van der Waals surface area contributed by atoms with Crippen LogP contribution in [0.25, 0.3) is 0 Å². The third-order valence-electron chi connectivity index (χ3n) is 5.94. The molecule has 1 aromatic rings. The van der Waals surface area contributed by atoms with Crippen molar-refractivity contribution in [3.8, 4) is 0 Å². The number of nitrogens with one attached hydrogen (secondary N) is 2. The zero-order chi connectivity index (χ0) is 18.4. The van der Waals surface area contributed by atoms with Gasteiger partial charge in [0.1, 0.15) is 0 Å². The molecular formula is C21H34N4O. The SMILES string of the molecule is C[C@@H]1CCCCN1[C@H](C)CNC(=O)NC[C@H]1CCN(c2ccccc2)C1. The molecule has 0 aliphatic carbocycles. The van der Waals surface area contributed by atoms with Crippen molar-refractivity contribution in [2.75, 3.05) is 37.6 Å². The highest BCUT2D eigenvalue weighted by atomic mass is 16.2. The zero-order valence-electron chi connectivity index (χ0n) is 16.3. The van der Waals surface area contributed by atoms with E-state index < -0.39 is 0 Å². The minimum Gasteiger partial charge on any atom is -0.371 e. The maximum atomic E-state index is 12.2. The van der Waals surface area contributed by atoms with Crippen LogP contribution in [0.2, 0.25) is 0 Å². The molecule has 2 heterocycles. The van der Waals surface area contributed by atoms with Crippen LogP contribution < -0.4 is 15.5 Å². The number of nitrogens with zero attached hydrogens (tertiary/aromatic N) is 2. The van der Waals surface area contributed by atoms with Gasteiger partial charge in [-0.2, -0.15) is 0 Å². The van der Waals surface area contributed by atoms with Gasteiger partial charge in [-0.05, 0) is 57.7 Å². The van der Waals surface area contributed by atoms with Gasteiger partial charge in [-0.3, -0.25) is 4.90 Å². The fraction of sp³-hybridized carbons (Fsp3) is 0.667. The van der Waals surface area contributed by atoms with Gasteiger partial charge in [-0.1, -0.05) is 24.6 Å². The number of carbonyl (C=O) groups excluding carboxylic acids is 1. The van der Waals surface area contributed by atoms with Crippen molar-refractivity contribution in [1.29, 1.82) is 0 Å². The molecule has 0 radical (unpaired) electrons. The Morgan fingerprint density at radius 3 is 2.73 bits per heavy atom. The van der Waals surface area contributed by atoms with Gasteiger partial charge in [0, 0.05) is 44.0 Å². The molecule has 3 atom stereocenters. The van der Waals surface area contributed by atoms with E-state index in [-0.39, 0.29) is 6.03 Å². The quantitative estimate of drug-likeness (QED) is 0.822. The van der Waals surface area contributed by atoms with E-state index >= 15 is 0 Å². The van der Waals surface area contributed by atoms with Gasteiger partial charge in [0.2, 0.25) is 0 Å². The van der Waals surface area contributed by atoms with Crippen LogP contribution in [0.4, 0.5) is 10.5 Å². The molecular weight excluding hydrogens is 324 g/mol. The number of carbonyl (C=O) groups is 1. The first-order valence-electron chi connectivity index (χ1n) is 10.2. The van der Waals surface area contributed by atoms with Gasteiger partial charge in [0.05, 0.1) is 0 Å². The summed E-state index contributed by atoms with van der Waals surface area (Å²) in [6.45, 7) is 9.24. The lowest BCUT2D eigenvalue weighted by Gasteiger charge is -2.38. The Labute approximate surface area is 158 Å². The predicted octanol–water partition coefficient (Wildman–Crippen LogP) is 3.08. The van der Waals surface area contributed by atoms with Crippen LogP contribution in [-0.4, -0.2) is 55.7 Å². The first-order valence-corrected chi connectivity index (χ1v) is 10.2. The molecule has 1 aromatic carbocycles. The number of rotatable bonds is 6. The van der Waals surface area contributed by atoms with Crippen molar-refractivity contribution in [2.45, 2.75) is 51.6 Å². The van der Waals surface area contributed by atoms with Crippen LogP contribution in [0.1, 0.15) is 39.5 Å². The number of hydrogen-bond donors (Lipinski definition) is 2. The molecule has 2 aliphatic heterocycles. The van der Waals surface area contributed by atoms with E-state index in [1.807, 2.05) is 0 Å². The average molecular weight is 359 g/mol.